The van der Waals surface area contributed by atoms with Gasteiger partial charge in [0.1, 0.15) is 11.6 Å². The summed E-state index contributed by atoms with van der Waals surface area (Å²) in [6, 6.07) is 0. The molecule has 2 atom stereocenters. The number of hydrogen-bond acceptors (Lipinski definition) is 2. The van der Waals surface area contributed by atoms with Crippen molar-refractivity contribution in [3.63, 3.8) is 0 Å². The monoisotopic (exact) mass is 450 g/mol. The first kappa shape index (κ1) is 31.3. The second-order valence-corrected chi connectivity index (χ2v) is 10.7. The van der Waals surface area contributed by atoms with Crippen LogP contribution in [0.5, 0.6) is 0 Å². The largest absolute Gasteiger partial charge is 0.299 e. The predicted molar refractivity (Wildman–Crippen MR) is 141 cm³/mol. The average molecular weight is 451 g/mol. The normalized spacial score (nSPS) is 13.2. The molecule has 0 amide bonds. The van der Waals surface area contributed by atoms with Gasteiger partial charge in [0, 0.05) is 12.8 Å². The summed E-state index contributed by atoms with van der Waals surface area (Å²) in [5.74, 6) is 1.36. The van der Waals surface area contributed by atoms with Gasteiger partial charge in [-0.05, 0) is 18.3 Å². The minimum absolute atomic E-state index is 0.164. The standard InChI is InChI=1S/C30H58O2/c1-5-7-9-11-13-15-17-19-21-27(3)23-24-29(31)26-30(32)25-28(4)22-20-18-16-14-12-10-8-6-2/h27-28H,5-26H2,1-4H3. The van der Waals surface area contributed by atoms with Gasteiger partial charge in [0.2, 0.25) is 0 Å². The molecule has 0 heterocycles. The van der Waals surface area contributed by atoms with E-state index in [2.05, 4.69) is 27.7 Å². The molecular weight excluding hydrogens is 392 g/mol. The summed E-state index contributed by atoms with van der Waals surface area (Å²) in [6.45, 7) is 8.97. The summed E-state index contributed by atoms with van der Waals surface area (Å²) in [4.78, 5) is 24.5. The van der Waals surface area contributed by atoms with E-state index in [9.17, 15) is 9.59 Å². The molecule has 0 fully saturated rings. The quantitative estimate of drug-likeness (QED) is 0.102. The minimum atomic E-state index is 0.164. The Kier molecular flexibility index (Phi) is 23.0. The third-order valence-electron chi connectivity index (χ3n) is 6.99. The van der Waals surface area contributed by atoms with Gasteiger partial charge in [-0.25, -0.2) is 0 Å². The van der Waals surface area contributed by atoms with E-state index in [1.165, 1.54) is 109 Å². The first-order valence-electron chi connectivity index (χ1n) is 14.5. The van der Waals surface area contributed by atoms with E-state index in [-0.39, 0.29) is 18.0 Å². The van der Waals surface area contributed by atoms with E-state index in [1.54, 1.807) is 0 Å². The Labute approximate surface area is 202 Å². The molecule has 0 aliphatic carbocycles. The van der Waals surface area contributed by atoms with Crippen molar-refractivity contribution in [3.8, 4) is 0 Å². The highest BCUT2D eigenvalue weighted by molar-refractivity contribution is 5.99. The highest BCUT2D eigenvalue weighted by Gasteiger charge is 2.14. The van der Waals surface area contributed by atoms with E-state index >= 15 is 0 Å². The fourth-order valence-electron chi connectivity index (χ4n) is 4.68. The Hall–Kier alpha value is -0.660. The van der Waals surface area contributed by atoms with E-state index in [0.717, 1.165) is 12.8 Å². The second-order valence-electron chi connectivity index (χ2n) is 10.7. The van der Waals surface area contributed by atoms with Gasteiger partial charge in [-0.2, -0.15) is 0 Å². The molecule has 0 N–H and O–H groups in total. The van der Waals surface area contributed by atoms with Gasteiger partial charge in [0.05, 0.1) is 6.42 Å². The van der Waals surface area contributed by atoms with Crippen LogP contribution in [0, 0.1) is 11.8 Å². The molecule has 0 aromatic rings. The van der Waals surface area contributed by atoms with Crippen LogP contribution in [0.25, 0.3) is 0 Å². The molecule has 0 spiro atoms. The van der Waals surface area contributed by atoms with Crippen LogP contribution < -0.4 is 0 Å². The van der Waals surface area contributed by atoms with Crippen molar-refractivity contribution in [2.75, 3.05) is 0 Å². The lowest BCUT2D eigenvalue weighted by atomic mass is 9.93. The fourth-order valence-corrected chi connectivity index (χ4v) is 4.68. The zero-order chi connectivity index (χ0) is 23.9. The van der Waals surface area contributed by atoms with Crippen molar-refractivity contribution >= 4 is 11.6 Å². The maximum atomic E-state index is 12.3. The maximum Gasteiger partial charge on any atom is 0.140 e. The number of carbonyl (C=O) groups is 2. The highest BCUT2D eigenvalue weighted by Crippen LogP contribution is 2.19. The first-order valence-corrected chi connectivity index (χ1v) is 14.5. The van der Waals surface area contributed by atoms with E-state index in [1.807, 2.05) is 0 Å². The molecule has 2 unspecified atom stereocenters. The number of carbonyl (C=O) groups excluding carboxylic acids is 2. The van der Waals surface area contributed by atoms with Crippen molar-refractivity contribution in [1.82, 2.24) is 0 Å². The second kappa shape index (κ2) is 23.5. The van der Waals surface area contributed by atoms with Crippen LogP contribution in [0.3, 0.4) is 0 Å². The number of ketones is 2. The lowest BCUT2D eigenvalue weighted by Crippen LogP contribution is -2.12. The van der Waals surface area contributed by atoms with Crippen LogP contribution in [-0.4, -0.2) is 11.6 Å². The molecule has 2 nitrogen and oxygen atoms in total. The molecule has 0 aromatic carbocycles. The predicted octanol–water partition coefficient (Wildman–Crippen LogP) is 10.0. The molecule has 0 saturated heterocycles. The summed E-state index contributed by atoms with van der Waals surface area (Å²) in [5, 5.41) is 0. The van der Waals surface area contributed by atoms with Gasteiger partial charge in [-0.1, -0.05) is 143 Å². The lowest BCUT2D eigenvalue weighted by molar-refractivity contribution is -0.127. The molecule has 0 aliphatic rings. The summed E-state index contributed by atoms with van der Waals surface area (Å²) >= 11 is 0. The summed E-state index contributed by atoms with van der Waals surface area (Å²) in [6.07, 6.45) is 26.2. The Bertz CT molecular complexity index is 429. The molecule has 0 aliphatic heterocycles. The van der Waals surface area contributed by atoms with Crippen LogP contribution in [0.1, 0.15) is 169 Å². The molecule has 0 rings (SSSR count). The van der Waals surface area contributed by atoms with E-state index in [0.29, 0.717) is 24.7 Å². The van der Waals surface area contributed by atoms with Crippen LogP contribution in [0.15, 0.2) is 0 Å². The number of rotatable bonds is 25. The molecule has 0 aromatic heterocycles. The Balaban J connectivity index is 3.61. The first-order chi connectivity index (χ1) is 15.5. The van der Waals surface area contributed by atoms with E-state index < -0.39 is 0 Å². The van der Waals surface area contributed by atoms with Crippen molar-refractivity contribution in [2.45, 2.75) is 169 Å². The van der Waals surface area contributed by atoms with E-state index in [4.69, 9.17) is 0 Å². The number of unbranched alkanes of at least 4 members (excludes halogenated alkanes) is 14. The van der Waals surface area contributed by atoms with Gasteiger partial charge in [-0.15, -0.1) is 0 Å². The SMILES string of the molecule is CCCCCCCCCCC(C)CCC(=O)CC(=O)CC(C)CCCCCCCCCC. The van der Waals surface area contributed by atoms with Gasteiger partial charge in [-0.3, -0.25) is 9.59 Å². The molecule has 0 saturated carbocycles. The maximum absolute atomic E-state index is 12.3. The van der Waals surface area contributed by atoms with Crippen molar-refractivity contribution < 1.29 is 9.59 Å². The summed E-state index contributed by atoms with van der Waals surface area (Å²) in [7, 11) is 0. The van der Waals surface area contributed by atoms with Crippen LogP contribution in [0.2, 0.25) is 0 Å². The van der Waals surface area contributed by atoms with Crippen molar-refractivity contribution in [3.05, 3.63) is 0 Å². The highest BCUT2D eigenvalue weighted by atomic mass is 16.1. The molecule has 32 heavy (non-hydrogen) atoms. The smallest absolute Gasteiger partial charge is 0.140 e. The zero-order valence-electron chi connectivity index (χ0n) is 22.5. The van der Waals surface area contributed by atoms with Crippen molar-refractivity contribution in [2.24, 2.45) is 11.8 Å². The third kappa shape index (κ3) is 22.5. The Morgan fingerprint density at radius 2 is 0.906 bits per heavy atom. The molecule has 190 valence electrons. The number of hydrogen-bond donors (Lipinski definition) is 0. The molecule has 0 bridgehead atoms. The minimum Gasteiger partial charge on any atom is -0.299 e. The number of Topliss-reactive ketones (excluding diaryl/α,β-unsaturated/α-hetero) is 2. The topological polar surface area (TPSA) is 34.1 Å². The average Bonchev–Trinajstić information content (AvgIpc) is 2.75. The summed E-state index contributed by atoms with van der Waals surface area (Å²) < 4.78 is 0. The van der Waals surface area contributed by atoms with Crippen LogP contribution in [0.4, 0.5) is 0 Å². The van der Waals surface area contributed by atoms with Crippen molar-refractivity contribution in [1.29, 1.82) is 0 Å². The molecule has 0 radical (unpaired) electrons. The van der Waals surface area contributed by atoms with Gasteiger partial charge >= 0.3 is 0 Å². The lowest BCUT2D eigenvalue weighted by Gasteiger charge is -2.12. The Morgan fingerprint density at radius 1 is 0.500 bits per heavy atom. The Morgan fingerprint density at radius 3 is 1.38 bits per heavy atom. The summed E-state index contributed by atoms with van der Waals surface area (Å²) in [5.41, 5.74) is 0. The van der Waals surface area contributed by atoms with Crippen LogP contribution >= 0.6 is 0 Å². The van der Waals surface area contributed by atoms with Gasteiger partial charge in [0.25, 0.3) is 0 Å². The third-order valence-corrected chi connectivity index (χ3v) is 6.99. The fraction of sp³-hybridized carbons (Fsp3) is 0.933. The molecule has 2 heteroatoms. The van der Waals surface area contributed by atoms with Gasteiger partial charge < -0.3 is 0 Å². The molecular formula is C30H58O2. The van der Waals surface area contributed by atoms with Gasteiger partial charge in [0.15, 0.2) is 0 Å². The van der Waals surface area contributed by atoms with Crippen LogP contribution in [-0.2, 0) is 9.59 Å². The zero-order valence-corrected chi connectivity index (χ0v) is 22.5.